The quantitative estimate of drug-likeness (QED) is 0.0358. The summed E-state index contributed by atoms with van der Waals surface area (Å²) in [6.07, 6.45) is 79.1. The minimum absolute atomic E-state index is 0.00515. The highest BCUT2D eigenvalue weighted by molar-refractivity contribution is 5.80. The van der Waals surface area contributed by atoms with Gasteiger partial charge in [0.15, 0.2) is 0 Å². The fourth-order valence-electron chi connectivity index (χ4n) is 11.1. The smallest absolute Gasteiger partial charge is 0.309 e. The summed E-state index contributed by atoms with van der Waals surface area (Å²) >= 11 is 0. The van der Waals surface area contributed by atoms with Crippen molar-refractivity contribution in [3.63, 3.8) is 0 Å². The average Bonchev–Trinajstić information content (AvgIpc) is 3.45. The first-order chi connectivity index (χ1) is 35.6. The fraction of sp³-hybridized carbons (Fsp3) is 0.939. The van der Waals surface area contributed by atoms with E-state index in [0.29, 0.717) is 6.42 Å². The molecule has 6 heteroatoms. The molecule has 0 aliphatic carbocycles. The number of carbonyl (C=O) groups excluding carboxylic acids is 2. The molecule has 2 N–H and O–H groups in total. The molecule has 0 saturated carbocycles. The van der Waals surface area contributed by atoms with E-state index in [-0.39, 0.29) is 19.6 Å². The maximum Gasteiger partial charge on any atom is 0.309 e. The lowest BCUT2D eigenvalue weighted by molar-refractivity contribution is -0.155. The Morgan fingerprint density at radius 2 is 0.556 bits per heavy atom. The van der Waals surface area contributed by atoms with Gasteiger partial charge in [0.05, 0.1) is 31.0 Å². The number of allylic oxidation sites excluding steroid dienone is 1. The van der Waals surface area contributed by atoms with Gasteiger partial charge in [0.1, 0.15) is 13.2 Å². The molecule has 426 valence electrons. The maximum atomic E-state index is 12.5. The van der Waals surface area contributed by atoms with Crippen LogP contribution in [0.4, 0.5) is 0 Å². The largest absolute Gasteiger partial charge is 0.465 e. The molecule has 1 atom stereocenters. The number of aliphatic hydroxyl groups is 2. The Labute approximate surface area is 449 Å². The number of rotatable bonds is 58. The van der Waals surface area contributed by atoms with E-state index in [1.807, 2.05) is 0 Å². The molecule has 0 aromatic rings. The number of hydrogen-bond acceptors (Lipinski definition) is 6. The maximum absolute atomic E-state index is 12.5. The molecule has 1 rings (SSSR count). The number of cyclic esters (lactones) is 2. The van der Waals surface area contributed by atoms with Crippen LogP contribution in [0.15, 0.2) is 12.7 Å². The summed E-state index contributed by atoms with van der Waals surface area (Å²) in [7, 11) is 0. The van der Waals surface area contributed by atoms with Gasteiger partial charge in [-0.25, -0.2) is 0 Å². The molecular formula is C66H126O6. The molecule has 1 aliphatic heterocycles. The minimum atomic E-state index is -1.12. The van der Waals surface area contributed by atoms with Crippen LogP contribution in [0.3, 0.4) is 0 Å². The molecule has 1 saturated heterocycles. The first kappa shape index (κ1) is 68.6. The monoisotopic (exact) mass is 1010 g/mol. The lowest BCUT2D eigenvalue weighted by atomic mass is 9.92. The molecule has 1 unspecified atom stereocenters. The zero-order valence-corrected chi connectivity index (χ0v) is 48.3. The van der Waals surface area contributed by atoms with Gasteiger partial charge in [-0.3, -0.25) is 9.59 Å². The van der Waals surface area contributed by atoms with Gasteiger partial charge in [-0.1, -0.05) is 340 Å². The SMILES string of the molecule is C=CCCCCCCCCCCCCCCCCCCCCCCCCCCCCCCCCCCCCCCCCCCCCCCCCCCCCCCCC1CC(=O)OCC(CO)(CO)COC1=O. The summed E-state index contributed by atoms with van der Waals surface area (Å²) < 4.78 is 10.6. The number of ether oxygens (including phenoxy) is 2. The van der Waals surface area contributed by atoms with Crippen molar-refractivity contribution < 1.29 is 29.3 Å². The lowest BCUT2D eigenvalue weighted by Gasteiger charge is -2.27. The van der Waals surface area contributed by atoms with Crippen LogP contribution in [0, 0.1) is 11.3 Å². The second-order valence-corrected chi connectivity index (χ2v) is 23.6. The van der Waals surface area contributed by atoms with E-state index >= 15 is 0 Å². The Balaban J connectivity index is 1.66. The summed E-state index contributed by atoms with van der Waals surface area (Å²) in [6, 6.07) is 0. The molecule has 0 bridgehead atoms. The summed E-state index contributed by atoms with van der Waals surface area (Å²) in [5, 5.41) is 19.2. The van der Waals surface area contributed by atoms with Crippen molar-refractivity contribution in [2.45, 2.75) is 360 Å². The third kappa shape index (κ3) is 47.1. The molecule has 0 radical (unpaired) electrons. The summed E-state index contributed by atoms with van der Waals surface area (Å²) in [4.78, 5) is 24.7. The molecule has 72 heavy (non-hydrogen) atoms. The second-order valence-electron chi connectivity index (χ2n) is 23.6. The van der Waals surface area contributed by atoms with Gasteiger partial charge in [0.25, 0.3) is 0 Å². The first-order valence-electron chi connectivity index (χ1n) is 32.7. The highest BCUT2D eigenvalue weighted by atomic mass is 16.6. The zero-order chi connectivity index (χ0) is 51.8. The summed E-state index contributed by atoms with van der Waals surface area (Å²) in [6.45, 7) is 2.72. The third-order valence-corrected chi connectivity index (χ3v) is 16.4. The molecule has 1 heterocycles. The van der Waals surface area contributed by atoms with Gasteiger partial charge in [0.2, 0.25) is 0 Å². The van der Waals surface area contributed by atoms with Crippen LogP contribution in [-0.2, 0) is 19.1 Å². The molecule has 6 nitrogen and oxygen atoms in total. The number of hydrogen-bond donors (Lipinski definition) is 2. The van der Waals surface area contributed by atoms with Gasteiger partial charge >= 0.3 is 11.9 Å². The normalized spacial score (nSPS) is 15.1. The molecular weight excluding hydrogens is 889 g/mol. The van der Waals surface area contributed by atoms with Crippen molar-refractivity contribution in [1.29, 1.82) is 0 Å². The highest BCUT2D eigenvalue weighted by Crippen LogP contribution is 2.25. The fourth-order valence-corrected chi connectivity index (χ4v) is 11.1. The Hall–Kier alpha value is -1.40. The van der Waals surface area contributed by atoms with Crippen molar-refractivity contribution in [3.8, 4) is 0 Å². The number of unbranched alkanes of at least 4 members (excludes halogenated alkanes) is 53. The molecule has 0 amide bonds. The van der Waals surface area contributed by atoms with Crippen LogP contribution in [0.2, 0.25) is 0 Å². The van der Waals surface area contributed by atoms with Gasteiger partial charge in [-0.15, -0.1) is 6.58 Å². The summed E-state index contributed by atoms with van der Waals surface area (Å²) in [5.74, 6) is -1.40. The van der Waals surface area contributed by atoms with Gasteiger partial charge < -0.3 is 19.7 Å². The van der Waals surface area contributed by atoms with Gasteiger partial charge in [-0.2, -0.15) is 0 Å². The van der Waals surface area contributed by atoms with Gasteiger partial charge in [-0.05, 0) is 19.3 Å². The van der Waals surface area contributed by atoms with Gasteiger partial charge in [0, 0.05) is 0 Å². The minimum Gasteiger partial charge on any atom is -0.465 e. The van der Waals surface area contributed by atoms with E-state index in [9.17, 15) is 19.8 Å². The molecule has 0 aromatic carbocycles. The topological polar surface area (TPSA) is 93.1 Å². The average molecular weight is 1020 g/mol. The Kier molecular flexibility index (Phi) is 53.2. The van der Waals surface area contributed by atoms with Crippen molar-refractivity contribution >= 4 is 11.9 Å². The van der Waals surface area contributed by atoms with Crippen LogP contribution < -0.4 is 0 Å². The predicted molar refractivity (Wildman–Crippen MR) is 311 cm³/mol. The van der Waals surface area contributed by atoms with Crippen molar-refractivity contribution in [2.75, 3.05) is 26.4 Å². The van der Waals surface area contributed by atoms with E-state index in [1.165, 1.54) is 327 Å². The molecule has 1 aliphatic rings. The standard InChI is InChI=1S/C66H126O6/c1-2-3-4-5-6-7-8-9-10-11-12-13-14-15-16-17-18-19-20-21-22-23-24-25-26-27-28-29-30-31-32-33-34-35-36-37-38-39-40-41-42-43-44-45-46-47-48-49-50-51-52-53-54-55-56-57-63-58-64(69)71-61-66(59-67,60-68)62-72-65(63)70/h2,63,67-68H,1,3-62H2. The summed E-state index contributed by atoms with van der Waals surface area (Å²) in [5.41, 5.74) is -1.12. The number of esters is 2. The van der Waals surface area contributed by atoms with E-state index in [2.05, 4.69) is 12.7 Å². The highest BCUT2D eigenvalue weighted by Gasteiger charge is 2.36. The lowest BCUT2D eigenvalue weighted by Crippen LogP contribution is -2.40. The molecule has 0 spiro atoms. The van der Waals surface area contributed by atoms with E-state index in [1.54, 1.807) is 0 Å². The Bertz CT molecular complexity index is 1120. The van der Waals surface area contributed by atoms with Crippen LogP contribution in [0.25, 0.3) is 0 Å². The van der Waals surface area contributed by atoms with Crippen LogP contribution in [0.1, 0.15) is 360 Å². The van der Waals surface area contributed by atoms with E-state index in [0.717, 1.165) is 19.3 Å². The second kappa shape index (κ2) is 55.8. The Morgan fingerprint density at radius 1 is 0.347 bits per heavy atom. The third-order valence-electron chi connectivity index (χ3n) is 16.4. The van der Waals surface area contributed by atoms with Crippen molar-refractivity contribution in [1.82, 2.24) is 0 Å². The van der Waals surface area contributed by atoms with Crippen LogP contribution >= 0.6 is 0 Å². The first-order valence-corrected chi connectivity index (χ1v) is 32.7. The zero-order valence-electron chi connectivity index (χ0n) is 48.3. The van der Waals surface area contributed by atoms with Crippen molar-refractivity contribution in [2.24, 2.45) is 11.3 Å². The molecule has 1 fully saturated rings. The number of aliphatic hydroxyl groups excluding tert-OH is 2. The van der Waals surface area contributed by atoms with Crippen LogP contribution in [-0.4, -0.2) is 48.6 Å². The van der Waals surface area contributed by atoms with E-state index in [4.69, 9.17) is 9.47 Å². The Morgan fingerprint density at radius 3 is 0.778 bits per heavy atom. The molecule has 0 aromatic heterocycles. The van der Waals surface area contributed by atoms with E-state index < -0.39 is 36.5 Å². The predicted octanol–water partition coefficient (Wildman–Crippen LogP) is 20.7. The number of carbonyl (C=O) groups is 2. The van der Waals surface area contributed by atoms with Crippen molar-refractivity contribution in [3.05, 3.63) is 12.7 Å². The van der Waals surface area contributed by atoms with Crippen LogP contribution in [0.5, 0.6) is 0 Å².